The number of nitrogens with one attached hydrogen (secondary N) is 1. The smallest absolute Gasteiger partial charge is 0.276 e. The van der Waals surface area contributed by atoms with Crippen LogP contribution in [0.15, 0.2) is 125 Å². The first-order chi connectivity index (χ1) is 17.0. The minimum Gasteiger partial charge on any atom is -0.280 e. The maximum Gasteiger partial charge on any atom is 0.276 e. The topological polar surface area (TPSA) is 61.5 Å². The first-order valence-electron chi connectivity index (χ1n) is 11.6. The van der Waals surface area contributed by atoms with Crippen LogP contribution < -0.4 is 4.83 Å². The van der Waals surface area contributed by atoms with Crippen molar-refractivity contribution in [3.63, 3.8) is 0 Å². The van der Waals surface area contributed by atoms with Gasteiger partial charge in [0, 0.05) is 6.54 Å². The van der Waals surface area contributed by atoms with Crippen LogP contribution in [0.2, 0.25) is 0 Å². The molecule has 1 aliphatic rings. The molecule has 0 radical (unpaired) electrons. The zero-order valence-corrected chi connectivity index (χ0v) is 20.3. The molecule has 1 unspecified atom stereocenters. The second-order valence-corrected chi connectivity index (χ2v) is 10.4. The van der Waals surface area contributed by atoms with E-state index in [2.05, 4.69) is 39.1 Å². The highest BCUT2D eigenvalue weighted by atomic mass is 32.2. The molecule has 1 N–H and O–H groups in total. The van der Waals surface area contributed by atoms with Gasteiger partial charge in [-0.05, 0) is 35.7 Å². The summed E-state index contributed by atoms with van der Waals surface area (Å²) in [5.41, 5.74) is 4.96. The zero-order valence-electron chi connectivity index (χ0n) is 19.5. The monoisotopic (exact) mass is 481 g/mol. The summed E-state index contributed by atoms with van der Waals surface area (Å²) in [4.78, 5) is 5.04. The molecule has 0 spiro atoms. The molecule has 0 bridgehead atoms. The van der Waals surface area contributed by atoms with Crippen LogP contribution in [0.3, 0.4) is 0 Å². The van der Waals surface area contributed by atoms with Crippen LogP contribution in [0.1, 0.15) is 28.3 Å². The van der Waals surface area contributed by atoms with Crippen LogP contribution in [-0.2, 0) is 16.6 Å². The van der Waals surface area contributed by atoms with Crippen LogP contribution in [-0.4, -0.2) is 25.1 Å². The molecule has 4 aromatic rings. The average Bonchev–Trinajstić information content (AvgIpc) is 3.59. The van der Waals surface area contributed by atoms with Crippen LogP contribution >= 0.6 is 0 Å². The highest BCUT2D eigenvalue weighted by molar-refractivity contribution is 7.89. The van der Waals surface area contributed by atoms with Gasteiger partial charge in [0.1, 0.15) is 0 Å². The Morgan fingerprint density at radius 2 is 1.37 bits per heavy atom. The number of rotatable bonds is 8. The minimum atomic E-state index is -3.80. The van der Waals surface area contributed by atoms with Gasteiger partial charge in [-0.3, -0.25) is 4.90 Å². The highest BCUT2D eigenvalue weighted by Crippen LogP contribution is 2.46. The van der Waals surface area contributed by atoms with Crippen LogP contribution in [0.25, 0.3) is 0 Å². The molecular formula is C29H27N3O2S. The van der Waals surface area contributed by atoms with Crippen LogP contribution in [0.5, 0.6) is 0 Å². The third-order valence-corrected chi connectivity index (χ3v) is 7.46. The van der Waals surface area contributed by atoms with Crippen LogP contribution in [0.4, 0.5) is 0 Å². The second-order valence-electron chi connectivity index (χ2n) is 8.73. The molecular weight excluding hydrogens is 454 g/mol. The van der Waals surface area contributed by atoms with Crippen molar-refractivity contribution in [2.24, 2.45) is 5.10 Å². The fourth-order valence-electron chi connectivity index (χ4n) is 4.39. The van der Waals surface area contributed by atoms with E-state index in [1.807, 2.05) is 73.7 Å². The number of hydrogen-bond acceptors (Lipinski definition) is 4. The Labute approximate surface area is 206 Å². The lowest BCUT2D eigenvalue weighted by Crippen LogP contribution is -2.24. The predicted octanol–water partition coefficient (Wildman–Crippen LogP) is 5.30. The normalized spacial score (nSPS) is 19.8. The van der Waals surface area contributed by atoms with Crippen molar-refractivity contribution < 1.29 is 8.42 Å². The predicted molar refractivity (Wildman–Crippen MR) is 139 cm³/mol. The van der Waals surface area contributed by atoms with E-state index in [0.29, 0.717) is 5.71 Å². The number of hydrazone groups is 1. The van der Waals surface area contributed by atoms with Crippen molar-refractivity contribution in [1.82, 2.24) is 9.73 Å². The number of aryl methyl sites for hydroxylation is 1. The summed E-state index contributed by atoms with van der Waals surface area (Å²) in [5, 5.41) is 4.53. The standard InChI is InChI=1S/C29H27N3O2S/c1-22-17-19-26(20-18-22)35(33,34)31-30-27(24-13-7-3-8-14-24)29-28(25-15-9-4-10-16-25)32(29)21-23-11-5-2-6-12-23/h2-20,28-29,31H,21H2,1H3/b30-27+/t28-,29+,32?/m0/s1. The molecule has 4 aromatic carbocycles. The Bertz CT molecular complexity index is 1410. The van der Waals surface area contributed by atoms with Gasteiger partial charge in [0.25, 0.3) is 10.0 Å². The van der Waals surface area contributed by atoms with E-state index in [4.69, 9.17) is 0 Å². The second kappa shape index (κ2) is 9.86. The maximum absolute atomic E-state index is 13.0. The molecule has 0 saturated carbocycles. The third-order valence-electron chi connectivity index (χ3n) is 6.24. The lowest BCUT2D eigenvalue weighted by molar-refractivity contribution is 0.497. The van der Waals surface area contributed by atoms with Crippen molar-refractivity contribution in [3.05, 3.63) is 138 Å². The van der Waals surface area contributed by atoms with E-state index in [0.717, 1.165) is 17.7 Å². The summed E-state index contributed by atoms with van der Waals surface area (Å²) in [6.45, 7) is 2.66. The summed E-state index contributed by atoms with van der Waals surface area (Å²) in [6, 6.07) is 37.2. The minimum absolute atomic E-state index is 0.0688. The molecule has 1 aliphatic heterocycles. The van der Waals surface area contributed by atoms with Crippen molar-refractivity contribution in [3.8, 4) is 0 Å². The van der Waals surface area contributed by atoms with Crippen LogP contribution in [0, 0.1) is 6.92 Å². The van der Waals surface area contributed by atoms with Crippen molar-refractivity contribution in [1.29, 1.82) is 0 Å². The Kier molecular flexibility index (Phi) is 6.49. The number of benzene rings is 4. The average molecular weight is 482 g/mol. The third kappa shape index (κ3) is 5.19. The van der Waals surface area contributed by atoms with E-state index in [1.165, 1.54) is 11.1 Å². The van der Waals surface area contributed by atoms with Crippen molar-refractivity contribution in [2.75, 3.05) is 0 Å². The Hall–Kier alpha value is -3.74. The first kappa shape index (κ1) is 23.0. The van der Waals surface area contributed by atoms with Crippen molar-refractivity contribution >= 4 is 15.7 Å². The molecule has 5 rings (SSSR count). The largest absolute Gasteiger partial charge is 0.280 e. The van der Waals surface area contributed by atoms with E-state index < -0.39 is 10.0 Å². The molecule has 6 heteroatoms. The highest BCUT2D eigenvalue weighted by Gasteiger charge is 2.51. The Morgan fingerprint density at radius 3 is 2.00 bits per heavy atom. The molecule has 176 valence electrons. The van der Waals surface area contributed by atoms with Gasteiger partial charge >= 0.3 is 0 Å². The van der Waals surface area contributed by atoms with Gasteiger partial charge in [-0.1, -0.05) is 109 Å². The lowest BCUT2D eigenvalue weighted by atomic mass is 10.0. The van der Waals surface area contributed by atoms with E-state index in [1.54, 1.807) is 24.3 Å². The van der Waals surface area contributed by atoms with Gasteiger partial charge in [0.05, 0.1) is 22.7 Å². The van der Waals surface area contributed by atoms with E-state index >= 15 is 0 Å². The molecule has 1 saturated heterocycles. The maximum atomic E-state index is 13.0. The van der Waals surface area contributed by atoms with Gasteiger partial charge in [-0.15, -0.1) is 0 Å². The SMILES string of the molecule is Cc1ccc(S(=O)(=O)N/N=C(\c2ccccc2)[C@@H]2[C@H](c3ccccc3)N2Cc2ccccc2)cc1. The summed E-state index contributed by atoms with van der Waals surface area (Å²) in [6.07, 6.45) is 0. The van der Waals surface area contributed by atoms with Gasteiger partial charge in [0.2, 0.25) is 0 Å². The number of hydrogen-bond donors (Lipinski definition) is 1. The quantitative estimate of drug-likeness (QED) is 0.211. The van der Waals surface area contributed by atoms with Gasteiger partial charge < -0.3 is 0 Å². The fourth-order valence-corrected chi connectivity index (χ4v) is 5.21. The molecule has 1 fully saturated rings. The molecule has 0 aliphatic carbocycles. The molecule has 1 heterocycles. The number of nitrogens with zero attached hydrogens (tertiary/aromatic N) is 2. The summed E-state index contributed by atoms with van der Waals surface area (Å²) in [7, 11) is -3.80. The number of sulfonamides is 1. The summed E-state index contributed by atoms with van der Waals surface area (Å²) in [5.74, 6) is 0. The van der Waals surface area contributed by atoms with Gasteiger partial charge in [-0.2, -0.15) is 18.4 Å². The Morgan fingerprint density at radius 1 is 0.800 bits per heavy atom. The fraction of sp³-hybridized carbons (Fsp3) is 0.138. The van der Waals surface area contributed by atoms with Crippen molar-refractivity contribution in [2.45, 2.75) is 30.4 Å². The lowest BCUT2D eigenvalue weighted by Gasteiger charge is -2.10. The summed E-state index contributed by atoms with van der Waals surface area (Å²) >= 11 is 0. The Balaban J connectivity index is 1.51. The summed E-state index contributed by atoms with van der Waals surface area (Å²) < 4.78 is 26.0. The first-order valence-corrected chi connectivity index (χ1v) is 13.1. The van der Waals surface area contributed by atoms with Gasteiger partial charge in [0.15, 0.2) is 0 Å². The molecule has 3 atom stereocenters. The molecule has 5 nitrogen and oxygen atoms in total. The molecule has 0 aromatic heterocycles. The molecule has 0 amide bonds. The molecule has 35 heavy (non-hydrogen) atoms. The van der Waals surface area contributed by atoms with E-state index in [9.17, 15) is 8.42 Å². The van der Waals surface area contributed by atoms with E-state index in [-0.39, 0.29) is 17.0 Å². The van der Waals surface area contributed by atoms with Gasteiger partial charge in [-0.25, -0.2) is 0 Å². The zero-order chi connectivity index (χ0) is 24.3.